The molecule has 2 aromatic rings. The number of primary amides is 1. The molecule has 2 aliphatic carbocycles. The van der Waals surface area contributed by atoms with E-state index < -0.39 is 29.9 Å². The molecule has 1 unspecified atom stereocenters. The van der Waals surface area contributed by atoms with Gasteiger partial charge in [-0.1, -0.05) is 51.0 Å². The van der Waals surface area contributed by atoms with Gasteiger partial charge in [0.2, 0.25) is 23.6 Å². The van der Waals surface area contributed by atoms with Gasteiger partial charge in [0.1, 0.15) is 17.8 Å². The summed E-state index contributed by atoms with van der Waals surface area (Å²) in [4.78, 5) is 55.1. The lowest BCUT2D eigenvalue weighted by Gasteiger charge is -2.34. The van der Waals surface area contributed by atoms with Gasteiger partial charge in [-0.25, -0.2) is 0 Å². The van der Waals surface area contributed by atoms with E-state index in [2.05, 4.69) is 34.7 Å². The SMILES string of the molecule is CC1(C)[C@@H]2[C@@H](C(=O)NC(C(N)=O)c3nncc4ccccc34)N(C(=O)[C@H](CC3CC3)NC(=O)[C@H]3CCOC3)C[C@@H]21. The van der Waals surface area contributed by atoms with Crippen LogP contribution in [0, 0.1) is 29.1 Å². The van der Waals surface area contributed by atoms with Crippen LogP contribution in [0.15, 0.2) is 30.5 Å². The van der Waals surface area contributed by atoms with E-state index in [0.29, 0.717) is 43.9 Å². The number of fused-ring (bicyclic) bond motifs is 2. The maximum absolute atomic E-state index is 14.0. The fraction of sp³-hybridized carbons (Fsp3) is 0.586. The monoisotopic (exact) mass is 548 g/mol. The van der Waals surface area contributed by atoms with Gasteiger partial charge < -0.3 is 26.0 Å². The molecular weight excluding hydrogens is 512 g/mol. The van der Waals surface area contributed by atoms with Gasteiger partial charge in [0, 0.05) is 23.9 Å². The number of nitrogens with two attached hydrogens (primary N) is 1. The van der Waals surface area contributed by atoms with Crippen molar-refractivity contribution in [1.82, 2.24) is 25.7 Å². The van der Waals surface area contributed by atoms with Crippen LogP contribution in [0.1, 0.15) is 51.3 Å². The standard InChI is InChI=1S/C29H36N6O5/c1-29(2)19-13-35(28(39)20(11-15-7-8-15)32-26(37)17-9-10-40-14-17)24(21(19)29)27(38)33-23(25(30)36)22-18-6-4-3-5-16(18)12-31-34-22/h3-6,12,15,17,19-21,23-24H,7-11,13-14H2,1-2H3,(H2,30,36)(H,32,37)(H,33,38)/t17-,19-,20-,21-,23?,24-/m0/s1. The predicted molar refractivity (Wildman–Crippen MR) is 144 cm³/mol. The Morgan fingerprint density at radius 2 is 1.90 bits per heavy atom. The number of hydrogen-bond donors (Lipinski definition) is 3. The van der Waals surface area contributed by atoms with Gasteiger partial charge >= 0.3 is 0 Å². The van der Waals surface area contributed by atoms with Gasteiger partial charge in [-0.05, 0) is 36.0 Å². The first kappa shape index (κ1) is 26.6. The Hall–Kier alpha value is -3.60. The summed E-state index contributed by atoms with van der Waals surface area (Å²) < 4.78 is 5.37. The number of carbonyl (C=O) groups is 4. The third kappa shape index (κ3) is 4.80. The first-order chi connectivity index (χ1) is 19.2. The van der Waals surface area contributed by atoms with Crippen LogP contribution in [-0.2, 0) is 23.9 Å². The lowest BCUT2D eigenvalue weighted by atomic mass is 9.98. The Labute approximate surface area is 232 Å². The quantitative estimate of drug-likeness (QED) is 0.423. The van der Waals surface area contributed by atoms with E-state index in [1.165, 1.54) is 0 Å². The zero-order chi connectivity index (χ0) is 28.2. The van der Waals surface area contributed by atoms with E-state index in [0.717, 1.165) is 18.2 Å². The molecule has 6 rings (SSSR count). The molecule has 11 heteroatoms. The van der Waals surface area contributed by atoms with Gasteiger partial charge in [-0.15, -0.1) is 0 Å². The zero-order valence-electron chi connectivity index (χ0n) is 22.8. The Morgan fingerprint density at radius 3 is 2.60 bits per heavy atom. The highest BCUT2D eigenvalue weighted by molar-refractivity contribution is 5.97. The van der Waals surface area contributed by atoms with Crippen molar-refractivity contribution in [2.24, 2.45) is 34.8 Å². The highest BCUT2D eigenvalue weighted by atomic mass is 16.5. The van der Waals surface area contributed by atoms with Gasteiger partial charge in [-0.2, -0.15) is 10.2 Å². The number of carbonyl (C=O) groups excluding carboxylic acids is 4. The van der Waals surface area contributed by atoms with Crippen LogP contribution in [0.4, 0.5) is 0 Å². The van der Waals surface area contributed by atoms with Crippen molar-refractivity contribution in [3.8, 4) is 0 Å². The van der Waals surface area contributed by atoms with Crippen LogP contribution < -0.4 is 16.4 Å². The van der Waals surface area contributed by atoms with Crippen molar-refractivity contribution < 1.29 is 23.9 Å². The predicted octanol–water partition coefficient (Wildman–Crippen LogP) is 1.08. The fourth-order valence-electron chi connectivity index (χ4n) is 6.72. The van der Waals surface area contributed by atoms with Crippen molar-refractivity contribution >= 4 is 34.4 Å². The fourth-order valence-corrected chi connectivity index (χ4v) is 6.72. The first-order valence-corrected chi connectivity index (χ1v) is 14.2. The van der Waals surface area contributed by atoms with Crippen LogP contribution in [0.25, 0.3) is 10.8 Å². The molecule has 4 fully saturated rings. The van der Waals surface area contributed by atoms with E-state index in [1.54, 1.807) is 17.2 Å². The second kappa shape index (κ2) is 10.1. The number of piperidine rings is 1. The summed E-state index contributed by atoms with van der Waals surface area (Å²) in [6.07, 6.45) is 4.83. The summed E-state index contributed by atoms with van der Waals surface area (Å²) in [6.45, 7) is 5.50. The number of hydrogen-bond acceptors (Lipinski definition) is 7. The van der Waals surface area contributed by atoms with Crippen LogP contribution in [0.3, 0.4) is 0 Å². The number of likely N-dealkylation sites (tertiary alicyclic amines) is 1. The summed E-state index contributed by atoms with van der Waals surface area (Å²) in [7, 11) is 0. The van der Waals surface area contributed by atoms with Crippen LogP contribution in [0.5, 0.6) is 0 Å². The number of ether oxygens (including phenoxy) is 1. The van der Waals surface area contributed by atoms with Crippen molar-refractivity contribution in [2.75, 3.05) is 19.8 Å². The summed E-state index contributed by atoms with van der Waals surface area (Å²) in [5.74, 6) is -1.43. The molecule has 0 spiro atoms. The lowest BCUT2D eigenvalue weighted by molar-refractivity contribution is -0.144. The number of nitrogens with one attached hydrogen (secondary N) is 2. The number of amides is 4. The van der Waals surface area contributed by atoms with Gasteiger partial charge in [-0.3, -0.25) is 19.2 Å². The van der Waals surface area contributed by atoms with E-state index in [-0.39, 0.29) is 40.7 Å². The number of aromatic nitrogens is 2. The minimum atomic E-state index is -1.21. The smallest absolute Gasteiger partial charge is 0.246 e. The summed E-state index contributed by atoms with van der Waals surface area (Å²) >= 11 is 0. The van der Waals surface area contributed by atoms with Crippen molar-refractivity contribution in [1.29, 1.82) is 0 Å². The highest BCUT2D eigenvalue weighted by Gasteiger charge is 2.69. The Balaban J connectivity index is 1.25. The van der Waals surface area contributed by atoms with Crippen molar-refractivity contribution in [3.63, 3.8) is 0 Å². The summed E-state index contributed by atoms with van der Waals surface area (Å²) in [5.41, 5.74) is 5.90. The maximum atomic E-state index is 14.0. The summed E-state index contributed by atoms with van der Waals surface area (Å²) in [5, 5.41) is 15.4. The molecule has 4 N–H and O–H groups in total. The molecule has 4 aliphatic rings. The molecule has 1 aromatic heterocycles. The molecule has 11 nitrogen and oxygen atoms in total. The van der Waals surface area contributed by atoms with Gasteiger partial charge in [0.15, 0.2) is 6.04 Å². The van der Waals surface area contributed by atoms with Crippen molar-refractivity contribution in [2.45, 2.75) is 57.7 Å². The Bertz CT molecular complexity index is 1350. The van der Waals surface area contributed by atoms with Crippen molar-refractivity contribution in [3.05, 3.63) is 36.2 Å². The summed E-state index contributed by atoms with van der Waals surface area (Å²) in [6, 6.07) is 4.60. The lowest BCUT2D eigenvalue weighted by Crippen LogP contribution is -2.57. The molecular formula is C29H36N6O5. The molecule has 2 saturated heterocycles. The minimum Gasteiger partial charge on any atom is -0.381 e. The molecule has 4 amide bonds. The van der Waals surface area contributed by atoms with Gasteiger partial charge in [0.25, 0.3) is 0 Å². The normalized spacial score (nSPS) is 28.0. The molecule has 1 aromatic carbocycles. The van der Waals surface area contributed by atoms with E-state index >= 15 is 0 Å². The first-order valence-electron chi connectivity index (χ1n) is 14.2. The van der Waals surface area contributed by atoms with Crippen LogP contribution >= 0.6 is 0 Å². The largest absolute Gasteiger partial charge is 0.381 e. The zero-order valence-corrected chi connectivity index (χ0v) is 22.8. The van der Waals surface area contributed by atoms with E-state index in [9.17, 15) is 19.2 Å². The second-order valence-electron chi connectivity index (χ2n) is 12.4. The van der Waals surface area contributed by atoms with Gasteiger partial charge in [0.05, 0.1) is 18.7 Å². The molecule has 3 heterocycles. The highest BCUT2D eigenvalue weighted by Crippen LogP contribution is 2.65. The third-order valence-corrected chi connectivity index (χ3v) is 9.38. The van der Waals surface area contributed by atoms with E-state index in [1.807, 2.05) is 18.2 Å². The average molecular weight is 549 g/mol. The molecule has 0 radical (unpaired) electrons. The minimum absolute atomic E-state index is 0.0657. The number of benzene rings is 1. The molecule has 2 aliphatic heterocycles. The Morgan fingerprint density at radius 1 is 1.12 bits per heavy atom. The van der Waals surface area contributed by atoms with E-state index in [4.69, 9.17) is 10.5 Å². The number of rotatable bonds is 9. The Kier molecular flexibility index (Phi) is 6.72. The average Bonchev–Trinajstić information content (AvgIpc) is 3.63. The molecule has 212 valence electrons. The maximum Gasteiger partial charge on any atom is 0.246 e. The van der Waals surface area contributed by atoms with Crippen LogP contribution in [-0.4, -0.2) is 70.6 Å². The molecule has 2 saturated carbocycles. The third-order valence-electron chi connectivity index (χ3n) is 9.38. The molecule has 40 heavy (non-hydrogen) atoms. The topological polar surface area (TPSA) is 157 Å². The number of nitrogens with zero attached hydrogens (tertiary/aromatic N) is 3. The molecule has 6 atom stereocenters. The second-order valence-corrected chi connectivity index (χ2v) is 12.4. The molecule has 0 bridgehead atoms. The van der Waals surface area contributed by atoms with Crippen LogP contribution in [0.2, 0.25) is 0 Å².